The maximum Gasteiger partial charge on any atom is 0.197 e. The molecule has 0 radical (unpaired) electrons. The molecule has 0 spiro atoms. The highest BCUT2D eigenvalue weighted by Gasteiger charge is 2.11. The second-order valence-electron chi connectivity index (χ2n) is 5.20. The highest BCUT2D eigenvalue weighted by Crippen LogP contribution is 2.24. The van der Waals surface area contributed by atoms with Gasteiger partial charge in [0, 0.05) is 18.3 Å². The van der Waals surface area contributed by atoms with Crippen LogP contribution in [0.2, 0.25) is 0 Å². The molecule has 0 aliphatic carbocycles. The van der Waals surface area contributed by atoms with Crippen LogP contribution in [0.25, 0.3) is 11.6 Å². The van der Waals surface area contributed by atoms with Crippen LogP contribution in [-0.4, -0.2) is 16.5 Å². The van der Waals surface area contributed by atoms with Crippen LogP contribution in [0.15, 0.2) is 27.3 Å². The van der Waals surface area contributed by atoms with Gasteiger partial charge in [0.15, 0.2) is 16.3 Å². The van der Waals surface area contributed by atoms with E-state index in [4.69, 9.17) is 4.42 Å². The van der Waals surface area contributed by atoms with Crippen LogP contribution in [0.3, 0.4) is 0 Å². The average molecular weight is 338 g/mol. The third-order valence-electron chi connectivity index (χ3n) is 2.75. The summed E-state index contributed by atoms with van der Waals surface area (Å²) in [4.78, 5) is 9.12. The van der Waals surface area contributed by atoms with Crippen molar-refractivity contribution in [3.05, 3.63) is 28.6 Å². The first-order chi connectivity index (χ1) is 9.58. The van der Waals surface area contributed by atoms with Crippen LogP contribution in [-0.2, 0) is 6.42 Å². The lowest BCUT2D eigenvalue weighted by Crippen LogP contribution is -2.06. The lowest BCUT2D eigenvalue weighted by Gasteiger charge is -2.10. The summed E-state index contributed by atoms with van der Waals surface area (Å²) >= 11 is 3.31. The Morgan fingerprint density at radius 2 is 2.10 bits per heavy atom. The first kappa shape index (κ1) is 15.0. The number of rotatable bonds is 6. The topological polar surface area (TPSA) is 51.0 Å². The van der Waals surface area contributed by atoms with Crippen LogP contribution < -0.4 is 5.32 Å². The smallest absolute Gasteiger partial charge is 0.197 e. The van der Waals surface area contributed by atoms with Gasteiger partial charge in [-0.25, -0.2) is 9.97 Å². The molecule has 4 nitrogen and oxygen atoms in total. The normalized spacial score (nSPS) is 11.1. The van der Waals surface area contributed by atoms with Crippen molar-refractivity contribution in [3.8, 4) is 11.6 Å². The summed E-state index contributed by atoms with van der Waals surface area (Å²) in [6.07, 6.45) is 1.99. The fraction of sp³-hybridized carbons (Fsp3) is 0.467. The first-order valence-corrected chi connectivity index (χ1v) is 7.75. The zero-order chi connectivity index (χ0) is 14.5. The van der Waals surface area contributed by atoms with Gasteiger partial charge >= 0.3 is 0 Å². The van der Waals surface area contributed by atoms with E-state index in [0.29, 0.717) is 22.2 Å². The van der Waals surface area contributed by atoms with Crippen LogP contribution in [0, 0.1) is 5.92 Å². The molecule has 0 atom stereocenters. The van der Waals surface area contributed by atoms with Gasteiger partial charge in [0.05, 0.1) is 0 Å². The minimum absolute atomic E-state index is 0.556. The molecule has 0 fully saturated rings. The Kier molecular flexibility index (Phi) is 5.17. The van der Waals surface area contributed by atoms with Gasteiger partial charge in [-0.1, -0.05) is 20.8 Å². The minimum atomic E-state index is 0.556. The van der Waals surface area contributed by atoms with Crippen molar-refractivity contribution >= 4 is 21.7 Å². The predicted octanol–water partition coefficient (Wildman–Crippen LogP) is 4.52. The zero-order valence-corrected chi connectivity index (χ0v) is 13.7. The summed E-state index contributed by atoms with van der Waals surface area (Å²) in [6, 6.07) is 5.76. The van der Waals surface area contributed by atoms with E-state index >= 15 is 0 Å². The Labute approximate surface area is 128 Å². The highest BCUT2D eigenvalue weighted by molar-refractivity contribution is 9.10. The molecule has 0 aromatic carbocycles. The SMILES string of the molecule is CCCNc1cc(CC(C)C)nc(-c2ccc(Br)o2)n1. The molecule has 2 aromatic rings. The lowest BCUT2D eigenvalue weighted by molar-refractivity contribution is 0.550. The van der Waals surface area contributed by atoms with Gasteiger partial charge in [0.2, 0.25) is 0 Å². The number of hydrogen-bond donors (Lipinski definition) is 1. The summed E-state index contributed by atoms with van der Waals surface area (Å²) in [7, 11) is 0. The largest absolute Gasteiger partial charge is 0.446 e. The van der Waals surface area contributed by atoms with E-state index < -0.39 is 0 Å². The Balaban J connectivity index is 2.34. The van der Waals surface area contributed by atoms with Gasteiger partial charge in [-0.3, -0.25) is 0 Å². The summed E-state index contributed by atoms with van der Waals surface area (Å²) in [5, 5.41) is 3.32. The van der Waals surface area contributed by atoms with Gasteiger partial charge in [0.1, 0.15) is 5.82 Å². The van der Waals surface area contributed by atoms with Crippen LogP contribution in [0.5, 0.6) is 0 Å². The molecule has 0 aliphatic heterocycles. The second kappa shape index (κ2) is 6.88. The van der Waals surface area contributed by atoms with E-state index in [1.165, 1.54) is 0 Å². The average Bonchev–Trinajstić information content (AvgIpc) is 2.82. The molecular weight excluding hydrogens is 318 g/mol. The summed E-state index contributed by atoms with van der Waals surface area (Å²) in [5.74, 6) is 2.73. The molecule has 0 aliphatic rings. The predicted molar refractivity (Wildman–Crippen MR) is 84.8 cm³/mol. The number of anilines is 1. The van der Waals surface area contributed by atoms with Crippen molar-refractivity contribution in [2.75, 3.05) is 11.9 Å². The zero-order valence-electron chi connectivity index (χ0n) is 12.1. The number of aromatic nitrogens is 2. The fourth-order valence-corrected chi connectivity index (χ4v) is 2.22. The van der Waals surface area contributed by atoms with Crippen molar-refractivity contribution < 1.29 is 4.42 Å². The Hall–Kier alpha value is -1.36. The van der Waals surface area contributed by atoms with E-state index in [1.807, 2.05) is 18.2 Å². The van der Waals surface area contributed by atoms with Crippen molar-refractivity contribution in [3.63, 3.8) is 0 Å². The van der Waals surface area contributed by atoms with Gasteiger partial charge < -0.3 is 9.73 Å². The number of nitrogens with zero attached hydrogens (tertiary/aromatic N) is 2. The van der Waals surface area contributed by atoms with Crippen molar-refractivity contribution in [1.82, 2.24) is 9.97 Å². The van der Waals surface area contributed by atoms with E-state index in [1.54, 1.807) is 0 Å². The van der Waals surface area contributed by atoms with E-state index in [-0.39, 0.29) is 0 Å². The fourth-order valence-electron chi connectivity index (χ4n) is 1.91. The lowest BCUT2D eigenvalue weighted by atomic mass is 10.1. The monoisotopic (exact) mass is 337 g/mol. The molecule has 0 unspecified atom stereocenters. The molecule has 0 bridgehead atoms. The summed E-state index contributed by atoms with van der Waals surface area (Å²) < 4.78 is 6.24. The molecule has 108 valence electrons. The Bertz CT molecular complexity index is 566. The Morgan fingerprint density at radius 3 is 2.70 bits per heavy atom. The number of hydrogen-bond acceptors (Lipinski definition) is 4. The quantitative estimate of drug-likeness (QED) is 0.841. The van der Waals surface area contributed by atoms with E-state index in [2.05, 4.69) is 52.0 Å². The Morgan fingerprint density at radius 1 is 1.30 bits per heavy atom. The first-order valence-electron chi connectivity index (χ1n) is 6.96. The molecule has 0 saturated carbocycles. The van der Waals surface area contributed by atoms with Gasteiger partial charge in [-0.2, -0.15) is 0 Å². The van der Waals surface area contributed by atoms with Gasteiger partial charge in [0.25, 0.3) is 0 Å². The summed E-state index contributed by atoms with van der Waals surface area (Å²) in [5.41, 5.74) is 1.04. The maximum atomic E-state index is 5.55. The second-order valence-corrected chi connectivity index (χ2v) is 5.98. The molecule has 0 amide bonds. The number of nitrogens with one attached hydrogen (secondary N) is 1. The van der Waals surface area contributed by atoms with Crippen LogP contribution in [0.4, 0.5) is 5.82 Å². The van der Waals surface area contributed by atoms with Crippen molar-refractivity contribution in [1.29, 1.82) is 0 Å². The number of halogens is 1. The summed E-state index contributed by atoms with van der Waals surface area (Å²) in [6.45, 7) is 7.40. The molecular formula is C15H20BrN3O. The maximum absolute atomic E-state index is 5.55. The highest BCUT2D eigenvalue weighted by atomic mass is 79.9. The molecule has 5 heteroatoms. The van der Waals surface area contributed by atoms with Crippen LogP contribution >= 0.6 is 15.9 Å². The van der Waals surface area contributed by atoms with Crippen molar-refractivity contribution in [2.24, 2.45) is 5.92 Å². The van der Waals surface area contributed by atoms with Gasteiger partial charge in [-0.05, 0) is 46.8 Å². The van der Waals surface area contributed by atoms with E-state index in [0.717, 1.165) is 30.9 Å². The molecule has 1 N–H and O–H groups in total. The van der Waals surface area contributed by atoms with Gasteiger partial charge in [-0.15, -0.1) is 0 Å². The van der Waals surface area contributed by atoms with E-state index in [9.17, 15) is 0 Å². The van der Waals surface area contributed by atoms with Crippen molar-refractivity contribution in [2.45, 2.75) is 33.6 Å². The molecule has 2 rings (SSSR count). The third-order valence-corrected chi connectivity index (χ3v) is 3.17. The molecule has 0 saturated heterocycles. The van der Waals surface area contributed by atoms with Crippen LogP contribution in [0.1, 0.15) is 32.9 Å². The molecule has 20 heavy (non-hydrogen) atoms. The molecule has 2 heterocycles. The number of furan rings is 1. The standard InChI is InChI=1S/C15H20BrN3O/c1-4-7-17-14-9-11(8-10(2)3)18-15(19-14)12-5-6-13(16)20-12/h5-6,9-10H,4,7-8H2,1-3H3,(H,17,18,19). The molecule has 2 aromatic heterocycles. The third kappa shape index (κ3) is 4.07. The minimum Gasteiger partial charge on any atom is -0.446 e.